The average Bonchev–Trinajstić information content (AvgIpc) is 2.44. The summed E-state index contributed by atoms with van der Waals surface area (Å²) in [5.41, 5.74) is 0. The molecule has 0 aliphatic rings. The van der Waals surface area contributed by atoms with E-state index in [9.17, 15) is 13.2 Å². The van der Waals surface area contributed by atoms with Crippen LogP contribution in [-0.2, 0) is 14.8 Å². The molecule has 0 atom stereocenters. The lowest BCUT2D eigenvalue weighted by Crippen LogP contribution is -2.38. The van der Waals surface area contributed by atoms with Gasteiger partial charge >= 0.3 is 0 Å². The van der Waals surface area contributed by atoms with E-state index in [1.54, 1.807) is 0 Å². The Morgan fingerprint density at radius 1 is 1.43 bits per heavy atom. The highest BCUT2D eigenvalue weighted by atomic mass is 35.5. The highest BCUT2D eigenvalue weighted by Gasteiger charge is 2.26. The molecule has 0 unspecified atom stereocenters. The van der Waals surface area contributed by atoms with Gasteiger partial charge < -0.3 is 10.1 Å². The summed E-state index contributed by atoms with van der Waals surface area (Å²) < 4.78 is 31.0. The maximum Gasteiger partial charge on any atom is 0.247 e. The molecular weight excluding hydrogens is 316 g/mol. The maximum atomic E-state index is 12.5. The molecule has 0 aliphatic carbocycles. The number of hydrogen-bond acceptors (Lipinski definition) is 4. The fourth-order valence-corrected chi connectivity index (χ4v) is 3.17. The molecule has 8 heteroatoms. The zero-order chi connectivity index (χ0) is 16.0. The Balaban J connectivity index is 3.00. The minimum absolute atomic E-state index is 0.0664. The minimum Gasteiger partial charge on any atom is -0.495 e. The monoisotopic (exact) mass is 334 g/mol. The third kappa shape index (κ3) is 4.59. The standard InChI is InChI=1S/C13H19ClN2O4S/c1-4-7-15-13(17)9-16(2)21(18,19)12-8-10(14)5-6-11(12)20-3/h5-6,8H,4,7,9H2,1-3H3,(H,15,17). The maximum absolute atomic E-state index is 12.5. The lowest BCUT2D eigenvalue weighted by Gasteiger charge is -2.18. The van der Waals surface area contributed by atoms with Crippen LogP contribution >= 0.6 is 11.6 Å². The smallest absolute Gasteiger partial charge is 0.247 e. The number of rotatable bonds is 7. The molecule has 0 saturated heterocycles. The van der Waals surface area contributed by atoms with E-state index in [-0.39, 0.29) is 28.1 Å². The predicted molar refractivity (Wildman–Crippen MR) is 81.1 cm³/mol. The van der Waals surface area contributed by atoms with Crippen LogP contribution in [0.1, 0.15) is 13.3 Å². The van der Waals surface area contributed by atoms with E-state index in [1.165, 1.54) is 32.4 Å². The molecule has 0 radical (unpaired) electrons. The zero-order valence-electron chi connectivity index (χ0n) is 12.2. The number of carbonyl (C=O) groups is 1. The zero-order valence-corrected chi connectivity index (χ0v) is 13.8. The van der Waals surface area contributed by atoms with Gasteiger partial charge in [0.1, 0.15) is 10.6 Å². The Kier molecular flexibility index (Phi) is 6.44. The quantitative estimate of drug-likeness (QED) is 0.819. The Morgan fingerprint density at radius 2 is 2.10 bits per heavy atom. The summed E-state index contributed by atoms with van der Waals surface area (Å²) in [6.07, 6.45) is 0.782. The normalized spacial score (nSPS) is 11.5. The van der Waals surface area contributed by atoms with Gasteiger partial charge in [-0.15, -0.1) is 0 Å². The molecule has 1 rings (SSSR count). The van der Waals surface area contributed by atoms with Crippen molar-refractivity contribution in [2.24, 2.45) is 0 Å². The lowest BCUT2D eigenvalue weighted by atomic mass is 10.3. The van der Waals surface area contributed by atoms with Crippen molar-refractivity contribution in [3.8, 4) is 5.75 Å². The Hall–Kier alpha value is -1.31. The molecule has 1 aromatic rings. The van der Waals surface area contributed by atoms with Gasteiger partial charge in [0.15, 0.2) is 0 Å². The van der Waals surface area contributed by atoms with Crippen LogP contribution < -0.4 is 10.1 Å². The van der Waals surface area contributed by atoms with Gasteiger partial charge in [-0.2, -0.15) is 4.31 Å². The SMILES string of the molecule is CCCNC(=O)CN(C)S(=O)(=O)c1cc(Cl)ccc1OC. The summed E-state index contributed by atoms with van der Waals surface area (Å²) in [5.74, 6) is -0.177. The molecule has 0 heterocycles. The molecule has 0 aliphatic heterocycles. The number of carbonyl (C=O) groups excluding carboxylic acids is 1. The first-order chi connectivity index (χ1) is 9.82. The van der Waals surface area contributed by atoms with E-state index in [1.807, 2.05) is 6.92 Å². The summed E-state index contributed by atoms with van der Waals surface area (Å²) in [7, 11) is -1.16. The second kappa shape index (κ2) is 7.63. The molecule has 1 aromatic carbocycles. The third-order valence-corrected chi connectivity index (χ3v) is 4.81. The van der Waals surface area contributed by atoms with Crippen LogP contribution in [-0.4, -0.2) is 45.9 Å². The fourth-order valence-electron chi connectivity index (χ4n) is 1.63. The first-order valence-corrected chi connectivity index (χ1v) is 8.21. The Morgan fingerprint density at radius 3 is 2.67 bits per heavy atom. The highest BCUT2D eigenvalue weighted by molar-refractivity contribution is 7.89. The van der Waals surface area contributed by atoms with E-state index < -0.39 is 10.0 Å². The van der Waals surface area contributed by atoms with Crippen molar-refractivity contribution in [1.82, 2.24) is 9.62 Å². The summed E-state index contributed by atoms with van der Waals surface area (Å²) >= 11 is 5.84. The van der Waals surface area contributed by atoms with Crippen molar-refractivity contribution in [2.75, 3.05) is 27.2 Å². The van der Waals surface area contributed by atoms with Gasteiger partial charge in [0.25, 0.3) is 0 Å². The number of likely N-dealkylation sites (N-methyl/N-ethyl adjacent to an activating group) is 1. The van der Waals surface area contributed by atoms with Crippen molar-refractivity contribution in [3.05, 3.63) is 23.2 Å². The van der Waals surface area contributed by atoms with Gasteiger partial charge in [-0.25, -0.2) is 8.42 Å². The van der Waals surface area contributed by atoms with Gasteiger partial charge in [0.2, 0.25) is 15.9 Å². The van der Waals surface area contributed by atoms with Crippen LogP contribution in [0.25, 0.3) is 0 Å². The molecule has 0 bridgehead atoms. The summed E-state index contributed by atoms with van der Waals surface area (Å²) in [6.45, 7) is 2.16. The van der Waals surface area contributed by atoms with Crippen LogP contribution in [0.3, 0.4) is 0 Å². The second-order valence-corrected chi connectivity index (χ2v) is 6.86. The second-order valence-electron chi connectivity index (χ2n) is 4.41. The van der Waals surface area contributed by atoms with Crippen molar-refractivity contribution < 1.29 is 17.9 Å². The number of methoxy groups -OCH3 is 1. The molecule has 0 aromatic heterocycles. The van der Waals surface area contributed by atoms with Crippen LogP contribution in [0, 0.1) is 0 Å². The molecule has 0 spiro atoms. The van der Waals surface area contributed by atoms with E-state index in [2.05, 4.69) is 5.32 Å². The van der Waals surface area contributed by atoms with Gasteiger partial charge in [0, 0.05) is 18.6 Å². The fraction of sp³-hybridized carbons (Fsp3) is 0.462. The van der Waals surface area contributed by atoms with E-state index in [0.717, 1.165) is 10.7 Å². The van der Waals surface area contributed by atoms with Crippen molar-refractivity contribution >= 4 is 27.5 Å². The summed E-state index contributed by atoms with van der Waals surface area (Å²) in [4.78, 5) is 11.6. The molecule has 1 N–H and O–H groups in total. The van der Waals surface area contributed by atoms with Crippen LogP contribution in [0.2, 0.25) is 5.02 Å². The highest BCUT2D eigenvalue weighted by Crippen LogP contribution is 2.28. The van der Waals surface area contributed by atoms with Crippen LogP contribution in [0.4, 0.5) is 0 Å². The molecule has 6 nitrogen and oxygen atoms in total. The number of nitrogens with zero attached hydrogens (tertiary/aromatic N) is 1. The van der Waals surface area contributed by atoms with Crippen LogP contribution in [0.15, 0.2) is 23.1 Å². The molecule has 21 heavy (non-hydrogen) atoms. The predicted octanol–water partition coefficient (Wildman–Crippen LogP) is 1.50. The average molecular weight is 335 g/mol. The first kappa shape index (κ1) is 17.7. The van der Waals surface area contributed by atoms with Crippen molar-refractivity contribution in [1.29, 1.82) is 0 Å². The Bertz CT molecular complexity index is 604. The number of amides is 1. The third-order valence-electron chi connectivity index (χ3n) is 2.75. The van der Waals surface area contributed by atoms with Gasteiger partial charge in [-0.3, -0.25) is 4.79 Å². The van der Waals surface area contributed by atoms with Crippen LogP contribution in [0.5, 0.6) is 5.75 Å². The summed E-state index contributed by atoms with van der Waals surface area (Å²) in [6, 6.07) is 4.31. The lowest BCUT2D eigenvalue weighted by molar-refractivity contribution is -0.121. The molecule has 0 fully saturated rings. The molecule has 1 amide bonds. The topological polar surface area (TPSA) is 75.7 Å². The van der Waals surface area contributed by atoms with Gasteiger partial charge in [0.05, 0.1) is 13.7 Å². The van der Waals surface area contributed by atoms with Gasteiger partial charge in [-0.1, -0.05) is 18.5 Å². The molecular formula is C13H19ClN2O4S. The first-order valence-electron chi connectivity index (χ1n) is 6.39. The van der Waals surface area contributed by atoms with E-state index in [4.69, 9.17) is 16.3 Å². The number of hydrogen-bond donors (Lipinski definition) is 1. The largest absolute Gasteiger partial charge is 0.495 e. The number of sulfonamides is 1. The Labute approximate surface area is 130 Å². The molecule has 0 saturated carbocycles. The van der Waals surface area contributed by atoms with E-state index in [0.29, 0.717) is 6.54 Å². The molecule has 118 valence electrons. The van der Waals surface area contributed by atoms with Crippen molar-refractivity contribution in [2.45, 2.75) is 18.2 Å². The number of benzene rings is 1. The van der Waals surface area contributed by atoms with Gasteiger partial charge in [-0.05, 0) is 24.6 Å². The number of nitrogens with one attached hydrogen (secondary N) is 1. The number of ether oxygens (including phenoxy) is 1. The minimum atomic E-state index is -3.86. The van der Waals surface area contributed by atoms with E-state index >= 15 is 0 Å². The number of halogens is 1. The summed E-state index contributed by atoms with van der Waals surface area (Å²) in [5, 5.41) is 2.90. The van der Waals surface area contributed by atoms with Crippen molar-refractivity contribution in [3.63, 3.8) is 0 Å².